The molecule has 0 bridgehead atoms. The highest BCUT2D eigenvalue weighted by atomic mass is 31.2. The second kappa shape index (κ2) is 17.4. The fourth-order valence-electron chi connectivity index (χ4n) is 2.67. The Kier molecular flexibility index (Phi) is 17.5. The Morgan fingerprint density at radius 2 is 1.28 bits per heavy atom. The van der Waals surface area contributed by atoms with Crippen molar-refractivity contribution in [2.75, 3.05) is 6.61 Å². The van der Waals surface area contributed by atoms with E-state index in [1.165, 1.54) is 44.9 Å². The van der Waals surface area contributed by atoms with Crippen LogP contribution >= 0.6 is 7.82 Å². The molecule has 0 radical (unpaired) electrons. The molecule has 0 spiro atoms. The third-order valence-corrected chi connectivity index (χ3v) is 5.52. The molecule has 0 saturated heterocycles. The van der Waals surface area contributed by atoms with Crippen LogP contribution in [0.2, 0.25) is 0 Å². The van der Waals surface area contributed by atoms with Crippen LogP contribution < -0.4 is 11.6 Å². The van der Waals surface area contributed by atoms with Gasteiger partial charge in [0.05, 0.1) is 6.61 Å². The topological polar surface area (TPSA) is 96.8 Å². The Bertz CT molecular complexity index is 332. The minimum atomic E-state index is -3.73. The molecule has 0 rings (SSSR count). The number of hydrogen-bond donors (Lipinski definition) is 2. The van der Waals surface area contributed by atoms with Gasteiger partial charge in [-0.2, -0.15) is 0 Å². The van der Waals surface area contributed by atoms with Crippen molar-refractivity contribution in [3.8, 4) is 0 Å². The molecule has 152 valence electrons. The van der Waals surface area contributed by atoms with Gasteiger partial charge in [0.15, 0.2) is 0 Å². The zero-order valence-electron chi connectivity index (χ0n) is 16.4. The normalized spacial score (nSPS) is 15.2. The largest absolute Gasteiger partial charge is 0.492 e. The standard InChI is InChI=1S/C18H41N2O4P/c1-3-5-7-9-10-11-12-13-14-16-18(19)23-25(21,24-20)22-17-15-8-6-4-2/h18H,3-17,19-20H2,1-2H3. The second-order valence-electron chi connectivity index (χ2n) is 6.71. The Balaban J connectivity index is 3.68. The third kappa shape index (κ3) is 16.0. The first kappa shape index (κ1) is 25.0. The molecular weight excluding hydrogens is 339 g/mol. The van der Waals surface area contributed by atoms with Crippen LogP contribution in [0.1, 0.15) is 104 Å². The number of phosphoric acid groups is 1. The quantitative estimate of drug-likeness (QED) is 0.127. The Labute approximate surface area is 154 Å². The van der Waals surface area contributed by atoms with Crippen LogP contribution in [0, 0.1) is 0 Å². The van der Waals surface area contributed by atoms with Gasteiger partial charge in [0.25, 0.3) is 0 Å². The van der Waals surface area contributed by atoms with E-state index in [1.807, 2.05) is 0 Å². The Morgan fingerprint density at radius 1 is 0.800 bits per heavy atom. The molecule has 0 aromatic rings. The van der Waals surface area contributed by atoms with E-state index in [1.54, 1.807) is 0 Å². The van der Waals surface area contributed by atoms with Crippen molar-refractivity contribution in [1.29, 1.82) is 0 Å². The van der Waals surface area contributed by atoms with Crippen LogP contribution in [0.5, 0.6) is 0 Å². The molecule has 0 amide bonds. The molecule has 0 saturated carbocycles. The Hall–Kier alpha value is 0.0300. The van der Waals surface area contributed by atoms with Crippen LogP contribution in [0.3, 0.4) is 0 Å². The van der Waals surface area contributed by atoms with Crippen molar-refractivity contribution in [2.24, 2.45) is 11.6 Å². The molecule has 25 heavy (non-hydrogen) atoms. The smallest absolute Gasteiger partial charge is 0.306 e. The summed E-state index contributed by atoms with van der Waals surface area (Å²) < 4.78 is 27.1. The molecule has 6 nitrogen and oxygen atoms in total. The van der Waals surface area contributed by atoms with E-state index in [0.717, 1.165) is 38.5 Å². The SMILES string of the molecule is CCCCCCCCCCCC(N)OP(=O)(ON)OCCCCCC. The van der Waals surface area contributed by atoms with Gasteiger partial charge in [-0.15, -0.1) is 0 Å². The lowest BCUT2D eigenvalue weighted by Crippen LogP contribution is -2.24. The van der Waals surface area contributed by atoms with E-state index in [4.69, 9.17) is 20.7 Å². The molecule has 0 aliphatic heterocycles. The third-order valence-electron chi connectivity index (χ3n) is 4.23. The summed E-state index contributed by atoms with van der Waals surface area (Å²) in [4.78, 5) is 0. The summed E-state index contributed by atoms with van der Waals surface area (Å²) in [5.74, 6) is 5.07. The average molecular weight is 381 g/mol. The number of rotatable bonds is 19. The predicted molar refractivity (Wildman–Crippen MR) is 104 cm³/mol. The lowest BCUT2D eigenvalue weighted by atomic mass is 10.1. The number of hydrogen-bond acceptors (Lipinski definition) is 6. The first-order chi connectivity index (χ1) is 12.1. The number of unbranched alkanes of at least 4 members (excludes halogenated alkanes) is 11. The zero-order chi connectivity index (χ0) is 18.8. The van der Waals surface area contributed by atoms with Crippen LogP contribution in [0.4, 0.5) is 0 Å². The second-order valence-corrected chi connectivity index (χ2v) is 8.28. The first-order valence-electron chi connectivity index (χ1n) is 10.1. The zero-order valence-corrected chi connectivity index (χ0v) is 17.3. The molecule has 0 aromatic carbocycles. The summed E-state index contributed by atoms with van der Waals surface area (Å²) >= 11 is 0. The maximum absolute atomic E-state index is 12.2. The van der Waals surface area contributed by atoms with E-state index in [9.17, 15) is 4.57 Å². The molecule has 0 aromatic heterocycles. The van der Waals surface area contributed by atoms with Crippen LogP contribution in [-0.2, 0) is 18.2 Å². The molecule has 0 heterocycles. The summed E-state index contributed by atoms with van der Waals surface area (Å²) in [5.41, 5.74) is 5.87. The van der Waals surface area contributed by atoms with E-state index < -0.39 is 14.1 Å². The molecule has 2 atom stereocenters. The summed E-state index contributed by atoms with van der Waals surface area (Å²) in [7, 11) is -3.73. The molecule has 4 N–H and O–H groups in total. The van der Waals surface area contributed by atoms with Gasteiger partial charge < -0.3 is 5.73 Å². The molecule has 0 aliphatic rings. The number of nitrogens with two attached hydrogens (primary N) is 2. The summed E-state index contributed by atoms with van der Waals surface area (Å²) in [6.45, 7) is 4.67. The first-order valence-corrected chi connectivity index (χ1v) is 11.6. The van der Waals surface area contributed by atoms with Crippen molar-refractivity contribution < 1.29 is 18.2 Å². The fourth-order valence-corrected chi connectivity index (χ4v) is 3.63. The average Bonchev–Trinajstić information content (AvgIpc) is 2.60. The van der Waals surface area contributed by atoms with Gasteiger partial charge in [-0.25, -0.2) is 15.1 Å². The highest BCUT2D eigenvalue weighted by Gasteiger charge is 2.28. The highest BCUT2D eigenvalue weighted by molar-refractivity contribution is 7.48. The van der Waals surface area contributed by atoms with E-state index in [2.05, 4.69) is 18.5 Å². The van der Waals surface area contributed by atoms with E-state index in [0.29, 0.717) is 13.0 Å². The van der Waals surface area contributed by atoms with Crippen LogP contribution in [-0.4, -0.2) is 12.8 Å². The fraction of sp³-hybridized carbons (Fsp3) is 1.00. The van der Waals surface area contributed by atoms with Crippen molar-refractivity contribution in [2.45, 2.75) is 110 Å². The highest BCUT2D eigenvalue weighted by Crippen LogP contribution is 2.48. The van der Waals surface area contributed by atoms with Gasteiger partial charge >= 0.3 is 7.82 Å². The Morgan fingerprint density at radius 3 is 1.80 bits per heavy atom. The monoisotopic (exact) mass is 380 g/mol. The lowest BCUT2D eigenvalue weighted by molar-refractivity contribution is 0.0747. The van der Waals surface area contributed by atoms with Crippen molar-refractivity contribution in [3.05, 3.63) is 0 Å². The minimum absolute atomic E-state index is 0.305. The summed E-state index contributed by atoms with van der Waals surface area (Å²) in [6.07, 6.45) is 15.2. The van der Waals surface area contributed by atoms with Gasteiger partial charge in [0, 0.05) is 0 Å². The molecule has 0 aliphatic carbocycles. The van der Waals surface area contributed by atoms with E-state index in [-0.39, 0.29) is 0 Å². The van der Waals surface area contributed by atoms with Gasteiger partial charge in [-0.3, -0.25) is 9.05 Å². The van der Waals surface area contributed by atoms with Crippen molar-refractivity contribution in [1.82, 2.24) is 0 Å². The van der Waals surface area contributed by atoms with Crippen LogP contribution in [0.15, 0.2) is 0 Å². The van der Waals surface area contributed by atoms with E-state index >= 15 is 0 Å². The summed E-state index contributed by atoms with van der Waals surface area (Å²) in [5, 5.41) is 0. The maximum Gasteiger partial charge on any atom is 0.492 e. The molecular formula is C18H41N2O4P. The summed E-state index contributed by atoms with van der Waals surface area (Å²) in [6, 6.07) is 0. The van der Waals surface area contributed by atoms with Gasteiger partial charge in [-0.1, -0.05) is 84.5 Å². The van der Waals surface area contributed by atoms with Gasteiger partial charge in [0.2, 0.25) is 0 Å². The van der Waals surface area contributed by atoms with Crippen molar-refractivity contribution >= 4 is 7.82 Å². The molecule has 2 unspecified atom stereocenters. The lowest BCUT2D eigenvalue weighted by Gasteiger charge is -2.19. The molecule has 7 heteroatoms. The van der Waals surface area contributed by atoms with Crippen LogP contribution in [0.25, 0.3) is 0 Å². The molecule has 0 fully saturated rings. The number of phosphoric ester groups is 1. The minimum Gasteiger partial charge on any atom is -0.306 e. The van der Waals surface area contributed by atoms with Crippen molar-refractivity contribution in [3.63, 3.8) is 0 Å². The van der Waals surface area contributed by atoms with Gasteiger partial charge in [0.1, 0.15) is 6.23 Å². The van der Waals surface area contributed by atoms with Gasteiger partial charge in [-0.05, 0) is 19.3 Å². The maximum atomic E-state index is 12.2. The predicted octanol–water partition coefficient (Wildman–Crippen LogP) is 5.80.